The normalized spacial score (nSPS) is 10.5. The van der Waals surface area contributed by atoms with Gasteiger partial charge in [-0.3, -0.25) is 4.79 Å². The van der Waals surface area contributed by atoms with Crippen LogP contribution in [-0.2, 0) is 6.54 Å². The Kier molecular flexibility index (Phi) is 5.72. The highest BCUT2D eigenvalue weighted by atomic mass is 35.5. The molecule has 0 unspecified atom stereocenters. The highest BCUT2D eigenvalue weighted by Gasteiger charge is 2.12. The lowest BCUT2D eigenvalue weighted by Crippen LogP contribution is -2.24. The molecule has 0 fully saturated rings. The van der Waals surface area contributed by atoms with Crippen molar-refractivity contribution in [2.45, 2.75) is 27.3 Å². The van der Waals surface area contributed by atoms with Gasteiger partial charge in [-0.1, -0.05) is 41.9 Å². The van der Waals surface area contributed by atoms with Crippen molar-refractivity contribution in [3.05, 3.63) is 81.6 Å². The molecule has 0 spiro atoms. The van der Waals surface area contributed by atoms with Crippen LogP contribution in [0.5, 0.6) is 0 Å². The maximum absolute atomic E-state index is 12.5. The summed E-state index contributed by atoms with van der Waals surface area (Å²) in [7, 11) is 0. The van der Waals surface area contributed by atoms with Crippen molar-refractivity contribution in [2.24, 2.45) is 0 Å². The van der Waals surface area contributed by atoms with Gasteiger partial charge in [-0.25, -0.2) is 9.97 Å². The summed E-state index contributed by atoms with van der Waals surface area (Å²) >= 11 is 6.14. The summed E-state index contributed by atoms with van der Waals surface area (Å²) in [6.07, 6.45) is 0. The quantitative estimate of drug-likeness (QED) is 0.671. The van der Waals surface area contributed by atoms with Crippen LogP contribution >= 0.6 is 11.6 Å². The molecule has 0 atom stereocenters. The molecular formula is C21H21ClN4O. The molecule has 1 aromatic heterocycles. The summed E-state index contributed by atoms with van der Waals surface area (Å²) in [5.41, 5.74) is 5.00. The van der Waals surface area contributed by atoms with Crippen molar-refractivity contribution in [1.29, 1.82) is 0 Å². The molecule has 27 heavy (non-hydrogen) atoms. The lowest BCUT2D eigenvalue weighted by atomic mass is 10.1. The van der Waals surface area contributed by atoms with E-state index in [1.807, 2.05) is 57.2 Å². The van der Waals surface area contributed by atoms with Gasteiger partial charge in [-0.2, -0.15) is 0 Å². The maximum Gasteiger partial charge on any atom is 0.270 e. The summed E-state index contributed by atoms with van der Waals surface area (Å²) in [6.45, 7) is 6.20. The predicted octanol–water partition coefficient (Wildman–Crippen LogP) is 4.73. The zero-order valence-corrected chi connectivity index (χ0v) is 16.3. The zero-order valence-electron chi connectivity index (χ0n) is 15.5. The third-order valence-corrected chi connectivity index (χ3v) is 4.49. The first-order valence-corrected chi connectivity index (χ1v) is 9.02. The van der Waals surface area contributed by atoms with Crippen molar-refractivity contribution in [3.8, 4) is 0 Å². The highest BCUT2D eigenvalue weighted by molar-refractivity contribution is 6.31. The molecule has 138 valence electrons. The van der Waals surface area contributed by atoms with Gasteiger partial charge in [0, 0.05) is 22.9 Å². The SMILES string of the molecule is Cc1ccc(C)c(Nc2nc(C)cc(C(=O)NCc3ccccc3Cl)n2)c1. The Morgan fingerprint density at radius 1 is 1.04 bits per heavy atom. The fourth-order valence-electron chi connectivity index (χ4n) is 2.64. The molecule has 1 amide bonds. The molecule has 3 aromatic rings. The lowest BCUT2D eigenvalue weighted by Gasteiger charge is -2.11. The molecule has 0 radical (unpaired) electrons. The Balaban J connectivity index is 1.77. The van der Waals surface area contributed by atoms with Crippen LogP contribution in [0.2, 0.25) is 5.02 Å². The molecule has 0 bridgehead atoms. The number of hydrogen-bond donors (Lipinski definition) is 2. The molecule has 3 rings (SSSR count). The summed E-state index contributed by atoms with van der Waals surface area (Å²) in [5.74, 6) is 0.121. The Hall–Kier alpha value is -2.92. The fraction of sp³-hybridized carbons (Fsp3) is 0.190. The second-order valence-corrected chi connectivity index (χ2v) is 6.84. The van der Waals surface area contributed by atoms with Gasteiger partial charge in [0.1, 0.15) is 5.69 Å². The van der Waals surface area contributed by atoms with Gasteiger partial charge in [0.25, 0.3) is 5.91 Å². The summed E-state index contributed by atoms with van der Waals surface area (Å²) < 4.78 is 0. The third-order valence-electron chi connectivity index (χ3n) is 4.12. The minimum absolute atomic E-state index is 0.274. The Bertz CT molecular complexity index is 988. The Labute approximate surface area is 163 Å². The standard InChI is InChI=1S/C21H21ClN4O/c1-13-8-9-14(2)18(10-13)25-21-24-15(3)11-19(26-21)20(27)23-12-16-6-4-5-7-17(16)22/h4-11H,12H2,1-3H3,(H,23,27)(H,24,25,26). The van der Waals surface area contributed by atoms with Gasteiger partial charge >= 0.3 is 0 Å². The monoisotopic (exact) mass is 380 g/mol. The van der Waals surface area contributed by atoms with Crippen molar-refractivity contribution in [3.63, 3.8) is 0 Å². The summed E-state index contributed by atoms with van der Waals surface area (Å²) in [4.78, 5) is 21.3. The fourth-order valence-corrected chi connectivity index (χ4v) is 2.84. The molecule has 2 N–H and O–H groups in total. The number of carbonyl (C=O) groups excluding carboxylic acids is 1. The first-order chi connectivity index (χ1) is 12.9. The van der Waals surface area contributed by atoms with Gasteiger partial charge < -0.3 is 10.6 Å². The zero-order chi connectivity index (χ0) is 19.4. The van der Waals surface area contributed by atoms with Gasteiger partial charge in [-0.05, 0) is 55.7 Å². The van der Waals surface area contributed by atoms with E-state index in [0.29, 0.717) is 28.9 Å². The molecule has 0 saturated carbocycles. The lowest BCUT2D eigenvalue weighted by molar-refractivity contribution is 0.0946. The molecule has 2 aromatic carbocycles. The van der Waals surface area contributed by atoms with E-state index in [1.54, 1.807) is 12.1 Å². The highest BCUT2D eigenvalue weighted by Crippen LogP contribution is 2.20. The molecule has 0 aliphatic heterocycles. The molecule has 0 aliphatic carbocycles. The van der Waals surface area contributed by atoms with Gasteiger partial charge in [0.15, 0.2) is 0 Å². The van der Waals surface area contributed by atoms with Crippen LogP contribution in [0.3, 0.4) is 0 Å². The van der Waals surface area contributed by atoms with E-state index in [2.05, 4.69) is 20.6 Å². The number of aryl methyl sites for hydroxylation is 3. The van der Waals surface area contributed by atoms with Crippen LogP contribution in [0.1, 0.15) is 32.9 Å². The number of nitrogens with zero attached hydrogens (tertiary/aromatic N) is 2. The molecule has 0 aliphatic rings. The third kappa shape index (κ3) is 4.83. The van der Waals surface area contributed by atoms with E-state index in [1.165, 1.54) is 0 Å². The number of halogens is 1. The van der Waals surface area contributed by atoms with Gasteiger partial charge in [0.05, 0.1) is 0 Å². The number of aromatic nitrogens is 2. The van der Waals surface area contributed by atoms with E-state index in [-0.39, 0.29) is 5.91 Å². The minimum Gasteiger partial charge on any atom is -0.347 e. The van der Waals surface area contributed by atoms with E-state index in [4.69, 9.17) is 11.6 Å². The smallest absolute Gasteiger partial charge is 0.270 e. The predicted molar refractivity (Wildman–Crippen MR) is 109 cm³/mol. The number of anilines is 2. The van der Waals surface area contributed by atoms with Crippen molar-refractivity contribution < 1.29 is 4.79 Å². The number of carbonyl (C=O) groups is 1. The number of nitrogens with one attached hydrogen (secondary N) is 2. The minimum atomic E-state index is -0.274. The van der Waals surface area contributed by atoms with Crippen molar-refractivity contribution >= 4 is 29.1 Å². The summed E-state index contributed by atoms with van der Waals surface area (Å²) in [5, 5.41) is 6.68. The van der Waals surface area contributed by atoms with Crippen LogP contribution in [-0.4, -0.2) is 15.9 Å². The molecular weight excluding hydrogens is 360 g/mol. The second kappa shape index (κ2) is 8.18. The van der Waals surface area contributed by atoms with Crippen LogP contribution in [0.15, 0.2) is 48.5 Å². The summed E-state index contributed by atoms with van der Waals surface area (Å²) in [6, 6.07) is 15.2. The molecule has 0 saturated heterocycles. The van der Waals surface area contributed by atoms with E-state index in [9.17, 15) is 4.79 Å². The van der Waals surface area contributed by atoms with E-state index in [0.717, 1.165) is 22.4 Å². The van der Waals surface area contributed by atoms with E-state index >= 15 is 0 Å². The maximum atomic E-state index is 12.5. The van der Waals surface area contributed by atoms with Crippen molar-refractivity contribution in [1.82, 2.24) is 15.3 Å². The molecule has 5 nitrogen and oxygen atoms in total. The topological polar surface area (TPSA) is 66.9 Å². The first-order valence-electron chi connectivity index (χ1n) is 8.64. The second-order valence-electron chi connectivity index (χ2n) is 6.44. The number of benzene rings is 2. The number of amides is 1. The molecule has 6 heteroatoms. The molecule has 1 heterocycles. The van der Waals surface area contributed by atoms with Crippen LogP contribution in [0, 0.1) is 20.8 Å². The Morgan fingerprint density at radius 3 is 2.59 bits per heavy atom. The number of rotatable bonds is 5. The largest absolute Gasteiger partial charge is 0.347 e. The van der Waals surface area contributed by atoms with Gasteiger partial charge in [0.2, 0.25) is 5.95 Å². The van der Waals surface area contributed by atoms with Crippen LogP contribution in [0.4, 0.5) is 11.6 Å². The van der Waals surface area contributed by atoms with Crippen molar-refractivity contribution in [2.75, 3.05) is 5.32 Å². The first kappa shape index (κ1) is 18.9. The van der Waals surface area contributed by atoms with Crippen LogP contribution < -0.4 is 10.6 Å². The number of hydrogen-bond acceptors (Lipinski definition) is 4. The Morgan fingerprint density at radius 2 is 1.81 bits per heavy atom. The van der Waals surface area contributed by atoms with E-state index < -0.39 is 0 Å². The average Bonchev–Trinajstić information content (AvgIpc) is 2.63. The van der Waals surface area contributed by atoms with Gasteiger partial charge in [-0.15, -0.1) is 0 Å². The average molecular weight is 381 g/mol. The van der Waals surface area contributed by atoms with Crippen LogP contribution in [0.25, 0.3) is 0 Å².